The summed E-state index contributed by atoms with van der Waals surface area (Å²) in [5.74, 6) is 1.79. The van der Waals surface area contributed by atoms with Gasteiger partial charge in [0, 0.05) is 13.1 Å². The van der Waals surface area contributed by atoms with Gasteiger partial charge in [-0.1, -0.05) is 12.1 Å². The van der Waals surface area contributed by atoms with Crippen molar-refractivity contribution in [2.24, 2.45) is 5.92 Å². The Morgan fingerprint density at radius 1 is 1.17 bits per heavy atom. The first kappa shape index (κ1) is 15.3. The molecular weight excluding hydrogens is 304 g/mol. The molecule has 1 saturated heterocycles. The lowest BCUT2D eigenvalue weighted by Crippen LogP contribution is -2.25. The maximum Gasteiger partial charge on any atom is 0.251 e. The van der Waals surface area contributed by atoms with Crippen LogP contribution in [0, 0.1) is 5.92 Å². The molecule has 1 aromatic heterocycles. The largest absolute Gasteiger partial charge is 0.371 e. The van der Waals surface area contributed by atoms with Crippen molar-refractivity contribution in [2.75, 3.05) is 36.5 Å². The van der Waals surface area contributed by atoms with Crippen LogP contribution in [-0.4, -0.2) is 42.2 Å². The number of carbonyl (C=O) groups excluding carboxylic acids is 1. The van der Waals surface area contributed by atoms with Crippen molar-refractivity contribution in [3.8, 4) is 0 Å². The van der Waals surface area contributed by atoms with Crippen LogP contribution in [0.15, 0.2) is 24.3 Å². The molecule has 1 saturated carbocycles. The monoisotopic (exact) mass is 326 g/mol. The second kappa shape index (κ2) is 6.73. The average Bonchev–Trinajstić information content (AvgIpc) is 3.25. The Bertz CT molecular complexity index is 739. The van der Waals surface area contributed by atoms with Crippen molar-refractivity contribution in [1.82, 2.24) is 9.97 Å². The normalized spacial score (nSPS) is 17.4. The zero-order chi connectivity index (χ0) is 16.4. The summed E-state index contributed by atoms with van der Waals surface area (Å²) in [5, 5.41) is 2.89. The number of amides is 1. The summed E-state index contributed by atoms with van der Waals surface area (Å²) in [4.78, 5) is 23.7. The van der Waals surface area contributed by atoms with Crippen LogP contribution >= 0.6 is 0 Å². The molecule has 0 radical (unpaired) electrons. The molecule has 24 heavy (non-hydrogen) atoms. The standard InChI is InChI=1S/C18H22N4O2/c23-16(12-24-11-13-7-8-13)21-17-18(22-9-3-4-10-22)20-15-6-2-1-5-14(15)19-17/h1-2,5-6,13H,3-4,7-12H2,(H,19,21,23). The van der Waals surface area contributed by atoms with E-state index >= 15 is 0 Å². The lowest BCUT2D eigenvalue weighted by atomic mass is 10.3. The number of nitrogens with one attached hydrogen (secondary N) is 1. The van der Waals surface area contributed by atoms with E-state index < -0.39 is 0 Å². The van der Waals surface area contributed by atoms with Gasteiger partial charge in [-0.25, -0.2) is 9.97 Å². The van der Waals surface area contributed by atoms with Crippen LogP contribution < -0.4 is 10.2 Å². The third kappa shape index (κ3) is 3.48. The Balaban J connectivity index is 1.54. The summed E-state index contributed by atoms with van der Waals surface area (Å²) < 4.78 is 5.47. The fourth-order valence-corrected chi connectivity index (χ4v) is 2.99. The molecular formula is C18H22N4O2. The number of aromatic nitrogens is 2. The van der Waals surface area contributed by atoms with Crippen LogP contribution in [0.1, 0.15) is 25.7 Å². The molecule has 0 unspecified atom stereocenters. The average molecular weight is 326 g/mol. The van der Waals surface area contributed by atoms with Crippen LogP contribution in [0.2, 0.25) is 0 Å². The zero-order valence-electron chi connectivity index (χ0n) is 13.7. The molecule has 0 bridgehead atoms. The number of anilines is 2. The molecule has 6 nitrogen and oxygen atoms in total. The lowest BCUT2D eigenvalue weighted by Gasteiger charge is -2.20. The first-order valence-electron chi connectivity index (χ1n) is 8.69. The number of hydrogen-bond donors (Lipinski definition) is 1. The highest BCUT2D eigenvalue weighted by Gasteiger charge is 2.23. The number of fused-ring (bicyclic) bond motifs is 1. The van der Waals surface area contributed by atoms with Gasteiger partial charge in [0.25, 0.3) is 5.91 Å². The summed E-state index contributed by atoms with van der Waals surface area (Å²) in [6, 6.07) is 7.74. The minimum Gasteiger partial charge on any atom is -0.371 e. The predicted octanol–water partition coefficient (Wildman–Crippen LogP) is 2.60. The molecule has 1 N–H and O–H groups in total. The molecule has 2 aliphatic rings. The maximum atomic E-state index is 12.2. The summed E-state index contributed by atoms with van der Waals surface area (Å²) >= 11 is 0. The first-order chi connectivity index (χ1) is 11.8. The van der Waals surface area contributed by atoms with Gasteiger partial charge in [0.05, 0.1) is 17.6 Å². The Labute approximate surface area is 141 Å². The van der Waals surface area contributed by atoms with Crippen molar-refractivity contribution < 1.29 is 9.53 Å². The molecule has 2 fully saturated rings. The maximum absolute atomic E-state index is 12.2. The molecule has 0 spiro atoms. The van der Waals surface area contributed by atoms with Crippen LogP contribution in [0.3, 0.4) is 0 Å². The first-order valence-corrected chi connectivity index (χ1v) is 8.69. The minimum atomic E-state index is -0.166. The highest BCUT2D eigenvalue weighted by molar-refractivity contribution is 5.95. The molecule has 2 aromatic rings. The predicted molar refractivity (Wildman–Crippen MR) is 93.2 cm³/mol. The number of hydrogen-bond acceptors (Lipinski definition) is 5. The second-order valence-corrected chi connectivity index (χ2v) is 6.59. The summed E-state index contributed by atoms with van der Waals surface area (Å²) in [5.41, 5.74) is 1.64. The van der Waals surface area contributed by atoms with E-state index in [1.807, 2.05) is 24.3 Å². The summed E-state index contributed by atoms with van der Waals surface area (Å²) in [7, 11) is 0. The van der Waals surface area contributed by atoms with Gasteiger partial charge in [0.2, 0.25) is 0 Å². The SMILES string of the molecule is O=C(COCC1CC1)Nc1nc2ccccc2nc1N1CCCC1. The lowest BCUT2D eigenvalue weighted by molar-refractivity contribution is -0.120. The zero-order valence-corrected chi connectivity index (χ0v) is 13.7. The van der Waals surface area contributed by atoms with Crippen LogP contribution in [0.4, 0.5) is 11.6 Å². The number of rotatable bonds is 6. The van der Waals surface area contributed by atoms with Gasteiger partial charge >= 0.3 is 0 Å². The second-order valence-electron chi connectivity index (χ2n) is 6.59. The fourth-order valence-electron chi connectivity index (χ4n) is 2.99. The highest BCUT2D eigenvalue weighted by atomic mass is 16.5. The molecule has 0 atom stereocenters. The minimum absolute atomic E-state index is 0.0739. The number of para-hydroxylation sites is 2. The van der Waals surface area contributed by atoms with Gasteiger partial charge in [-0.3, -0.25) is 4.79 Å². The quantitative estimate of drug-likeness (QED) is 0.884. The number of carbonyl (C=O) groups is 1. The third-order valence-electron chi connectivity index (χ3n) is 4.50. The van der Waals surface area contributed by atoms with E-state index in [1.54, 1.807) is 0 Å². The number of nitrogens with zero attached hydrogens (tertiary/aromatic N) is 3. The van der Waals surface area contributed by atoms with Crippen molar-refractivity contribution in [1.29, 1.82) is 0 Å². The van der Waals surface area contributed by atoms with E-state index in [0.29, 0.717) is 18.3 Å². The van der Waals surface area contributed by atoms with Crippen molar-refractivity contribution in [2.45, 2.75) is 25.7 Å². The summed E-state index contributed by atoms with van der Waals surface area (Å²) in [6.07, 6.45) is 4.73. The molecule has 1 aliphatic carbocycles. The van der Waals surface area contributed by atoms with Gasteiger partial charge in [-0.2, -0.15) is 0 Å². The number of benzene rings is 1. The number of ether oxygens (including phenoxy) is 1. The van der Waals surface area contributed by atoms with Gasteiger partial charge in [0.15, 0.2) is 11.6 Å². The molecule has 2 heterocycles. The van der Waals surface area contributed by atoms with E-state index in [-0.39, 0.29) is 12.5 Å². The van der Waals surface area contributed by atoms with Crippen LogP contribution in [0.5, 0.6) is 0 Å². The molecule has 1 aliphatic heterocycles. The summed E-state index contributed by atoms with van der Waals surface area (Å²) in [6.45, 7) is 2.66. The van der Waals surface area contributed by atoms with E-state index in [9.17, 15) is 4.79 Å². The Morgan fingerprint density at radius 2 is 1.88 bits per heavy atom. The van der Waals surface area contributed by atoms with Crippen LogP contribution in [0.25, 0.3) is 11.0 Å². The van der Waals surface area contributed by atoms with Gasteiger partial charge in [-0.05, 0) is 43.7 Å². The van der Waals surface area contributed by atoms with Crippen molar-refractivity contribution >= 4 is 28.6 Å². The van der Waals surface area contributed by atoms with E-state index in [4.69, 9.17) is 9.72 Å². The van der Waals surface area contributed by atoms with E-state index in [2.05, 4.69) is 15.2 Å². The molecule has 1 aromatic carbocycles. The Morgan fingerprint density at radius 3 is 2.58 bits per heavy atom. The molecule has 126 valence electrons. The van der Waals surface area contributed by atoms with E-state index in [0.717, 1.165) is 42.8 Å². The molecule has 6 heteroatoms. The fraction of sp³-hybridized carbons (Fsp3) is 0.500. The van der Waals surface area contributed by atoms with Crippen molar-refractivity contribution in [3.05, 3.63) is 24.3 Å². The Kier molecular flexibility index (Phi) is 4.30. The highest BCUT2D eigenvalue weighted by Crippen LogP contribution is 2.29. The van der Waals surface area contributed by atoms with Gasteiger partial charge < -0.3 is 15.0 Å². The molecule has 4 rings (SSSR count). The van der Waals surface area contributed by atoms with Crippen LogP contribution in [-0.2, 0) is 9.53 Å². The van der Waals surface area contributed by atoms with Gasteiger partial charge in [-0.15, -0.1) is 0 Å². The Hall–Kier alpha value is -2.21. The van der Waals surface area contributed by atoms with Gasteiger partial charge in [0.1, 0.15) is 6.61 Å². The smallest absolute Gasteiger partial charge is 0.251 e. The van der Waals surface area contributed by atoms with E-state index in [1.165, 1.54) is 12.8 Å². The molecule has 1 amide bonds. The van der Waals surface area contributed by atoms with Crippen molar-refractivity contribution in [3.63, 3.8) is 0 Å². The third-order valence-corrected chi connectivity index (χ3v) is 4.50. The topological polar surface area (TPSA) is 67.3 Å².